The Morgan fingerprint density at radius 2 is 1.70 bits per heavy atom. The second-order valence-electron chi connectivity index (χ2n) is 8.81. The Morgan fingerprint density at radius 1 is 1.03 bits per heavy atom. The highest BCUT2D eigenvalue weighted by molar-refractivity contribution is 6.05. The molecule has 30 heavy (non-hydrogen) atoms. The Hall–Kier alpha value is -2.74. The van der Waals surface area contributed by atoms with Gasteiger partial charge < -0.3 is 9.84 Å². The highest BCUT2D eigenvalue weighted by Gasteiger charge is 2.60. The second kappa shape index (κ2) is 7.83. The van der Waals surface area contributed by atoms with Crippen LogP contribution in [0.15, 0.2) is 58.7 Å². The summed E-state index contributed by atoms with van der Waals surface area (Å²) in [4.78, 5) is 5.03. The molecule has 0 unspecified atom stereocenters. The van der Waals surface area contributed by atoms with E-state index in [0.717, 1.165) is 30.9 Å². The van der Waals surface area contributed by atoms with E-state index in [1.165, 1.54) is 25.6 Å². The average Bonchev–Trinajstić information content (AvgIpc) is 2.73. The minimum Gasteiger partial charge on any atom is -0.504 e. The normalized spacial score (nSPS) is 30.2. The molecule has 7 heteroatoms. The molecule has 0 radical (unpaired) electrons. The number of benzene rings is 2. The van der Waals surface area contributed by atoms with Crippen LogP contribution in [0, 0.1) is 5.41 Å². The van der Waals surface area contributed by atoms with Crippen molar-refractivity contribution in [1.82, 2.24) is 0 Å². The molecule has 6 rings (SSSR count). The van der Waals surface area contributed by atoms with E-state index in [9.17, 15) is 5.11 Å². The largest absolute Gasteiger partial charge is 0.504 e. The van der Waals surface area contributed by atoms with Crippen LogP contribution in [0.4, 0.5) is 0 Å². The average molecular weight is 409 g/mol. The Balaban J connectivity index is 1.48. The van der Waals surface area contributed by atoms with Gasteiger partial charge in [-0.2, -0.15) is 10.2 Å². The first kappa shape index (κ1) is 19.2. The van der Waals surface area contributed by atoms with Gasteiger partial charge in [0.1, 0.15) is 19.6 Å². The molecule has 0 atom stereocenters. The van der Waals surface area contributed by atoms with Gasteiger partial charge in [-0.25, -0.2) is 14.7 Å². The third-order valence-electron chi connectivity index (χ3n) is 6.46. The summed E-state index contributed by atoms with van der Waals surface area (Å²) in [5.74, 6) is 0.612. The lowest BCUT2D eigenvalue weighted by Crippen LogP contribution is -3.56. The lowest BCUT2D eigenvalue weighted by Gasteiger charge is -2.52. The van der Waals surface area contributed by atoms with Gasteiger partial charge in [0, 0.05) is 0 Å². The van der Waals surface area contributed by atoms with Crippen molar-refractivity contribution in [1.29, 1.82) is 0 Å². The van der Waals surface area contributed by atoms with Crippen molar-refractivity contribution in [3.8, 4) is 11.5 Å². The van der Waals surface area contributed by atoms with Gasteiger partial charge in [0.25, 0.3) is 0 Å². The molecule has 4 saturated heterocycles. The molecule has 2 aromatic rings. The number of nitrogens with zero attached hydrogens (tertiary/aromatic N) is 2. The highest BCUT2D eigenvalue weighted by Crippen LogP contribution is 2.26. The van der Waals surface area contributed by atoms with E-state index in [4.69, 9.17) is 9.84 Å². The zero-order valence-corrected chi connectivity index (χ0v) is 17.4. The summed E-state index contributed by atoms with van der Waals surface area (Å²) in [6, 6.07) is 15.8. The summed E-state index contributed by atoms with van der Waals surface area (Å²) < 4.78 is 5.48. The number of nitrogens with one attached hydrogen (secondary N) is 3. The minimum atomic E-state index is 0.0683. The number of aromatic hydroxyl groups is 1. The van der Waals surface area contributed by atoms with Gasteiger partial charge in [0.2, 0.25) is 20.0 Å². The van der Waals surface area contributed by atoms with E-state index < -0.39 is 0 Å². The van der Waals surface area contributed by atoms with E-state index in [2.05, 4.69) is 29.4 Å². The van der Waals surface area contributed by atoms with Gasteiger partial charge >= 0.3 is 0 Å². The third-order valence-corrected chi connectivity index (χ3v) is 6.46. The number of phenolic OH excluding ortho intramolecular Hbond substituents is 1. The van der Waals surface area contributed by atoms with Crippen LogP contribution in [0.5, 0.6) is 11.5 Å². The SMILES string of the molecule is CCOc1cc(/C=N\N=C(\c2ccccc2)C23C[NH+]4C[NH+](C[NH+](C4)C2)C3)ccc1O. The molecule has 0 saturated carbocycles. The highest BCUT2D eigenvalue weighted by atomic mass is 16.5. The maximum atomic E-state index is 9.92. The van der Waals surface area contributed by atoms with E-state index in [1.54, 1.807) is 33.0 Å². The van der Waals surface area contributed by atoms with Crippen molar-refractivity contribution in [3.63, 3.8) is 0 Å². The molecular weight excluding hydrogens is 378 g/mol. The number of hydrogen-bond donors (Lipinski definition) is 4. The Morgan fingerprint density at radius 3 is 2.33 bits per heavy atom. The standard InChI is InChI=1S/C23H27N5O2/c1-2-30-21-10-18(8-9-20(21)29)11-24-25-22(19-6-4-3-5-7-19)23-12-26-15-27(13-23)17-28(14-23)16-26/h3-11,29H,2,12-17H2,1H3/p+3/b24-11-,25-22-. The Bertz CT molecular complexity index is 938. The zero-order chi connectivity index (χ0) is 20.6. The van der Waals surface area contributed by atoms with Crippen molar-refractivity contribution in [2.24, 2.45) is 15.6 Å². The van der Waals surface area contributed by atoms with Crippen LogP contribution >= 0.6 is 0 Å². The van der Waals surface area contributed by atoms with Gasteiger partial charge in [-0.15, -0.1) is 0 Å². The number of ether oxygens (including phenoxy) is 1. The van der Waals surface area contributed by atoms with Crippen LogP contribution in [0.1, 0.15) is 18.1 Å². The molecule has 0 aromatic heterocycles. The Labute approximate surface area is 176 Å². The predicted molar refractivity (Wildman–Crippen MR) is 114 cm³/mol. The number of hydrogen-bond acceptors (Lipinski definition) is 4. The zero-order valence-electron chi connectivity index (χ0n) is 17.4. The molecule has 4 aliphatic heterocycles. The first-order valence-corrected chi connectivity index (χ1v) is 10.8. The summed E-state index contributed by atoms with van der Waals surface area (Å²) >= 11 is 0. The molecule has 4 bridgehead atoms. The maximum absolute atomic E-state index is 9.92. The van der Waals surface area contributed by atoms with Crippen molar-refractivity contribution in [2.45, 2.75) is 6.92 Å². The molecule has 7 nitrogen and oxygen atoms in total. The van der Waals surface area contributed by atoms with Crippen LogP contribution in [0.3, 0.4) is 0 Å². The van der Waals surface area contributed by atoms with Crippen LogP contribution < -0.4 is 19.4 Å². The number of phenols is 1. The summed E-state index contributed by atoms with van der Waals surface area (Å²) in [5.41, 5.74) is 3.20. The predicted octanol–water partition coefficient (Wildman–Crippen LogP) is -1.83. The van der Waals surface area contributed by atoms with Crippen molar-refractivity contribution >= 4 is 11.9 Å². The molecule has 0 aliphatic carbocycles. The fourth-order valence-electron chi connectivity index (χ4n) is 5.60. The van der Waals surface area contributed by atoms with Crippen LogP contribution in [-0.2, 0) is 0 Å². The van der Waals surface area contributed by atoms with Crippen LogP contribution in [0.2, 0.25) is 0 Å². The maximum Gasteiger partial charge on any atom is 0.213 e. The minimum absolute atomic E-state index is 0.0683. The van der Waals surface area contributed by atoms with Gasteiger partial charge in [-0.05, 0) is 36.2 Å². The van der Waals surface area contributed by atoms with Crippen LogP contribution in [-0.4, -0.2) is 63.3 Å². The molecule has 4 N–H and O–H groups in total. The molecule has 4 fully saturated rings. The van der Waals surface area contributed by atoms with Gasteiger partial charge in [-0.1, -0.05) is 30.3 Å². The van der Waals surface area contributed by atoms with Crippen molar-refractivity contribution in [2.75, 3.05) is 46.2 Å². The lowest BCUT2D eigenvalue weighted by atomic mass is 9.74. The fourth-order valence-corrected chi connectivity index (χ4v) is 5.60. The lowest BCUT2D eigenvalue weighted by molar-refractivity contribution is -1.30. The van der Waals surface area contributed by atoms with E-state index >= 15 is 0 Å². The summed E-state index contributed by atoms with van der Waals surface area (Å²) in [6.45, 7) is 9.49. The van der Waals surface area contributed by atoms with E-state index in [-0.39, 0.29) is 11.2 Å². The molecule has 156 valence electrons. The summed E-state index contributed by atoms with van der Waals surface area (Å²) in [6.07, 6.45) is 1.75. The topological polar surface area (TPSA) is 67.5 Å². The number of quaternary nitrogens is 3. The smallest absolute Gasteiger partial charge is 0.213 e. The molecule has 2 aromatic carbocycles. The molecule has 4 heterocycles. The van der Waals surface area contributed by atoms with Crippen molar-refractivity contribution in [3.05, 3.63) is 59.7 Å². The van der Waals surface area contributed by atoms with Gasteiger partial charge in [0.05, 0.1) is 18.5 Å². The molecule has 4 aliphatic rings. The summed E-state index contributed by atoms with van der Waals surface area (Å²) in [7, 11) is 0. The Kier molecular flexibility index (Phi) is 5.02. The number of rotatable bonds is 6. The molecule has 0 amide bonds. The fraction of sp³-hybridized carbons (Fsp3) is 0.391. The quantitative estimate of drug-likeness (QED) is 0.336. The summed E-state index contributed by atoms with van der Waals surface area (Å²) in [5, 5.41) is 19.2. The monoisotopic (exact) mass is 408 g/mol. The molecular formula is C23H30N5O2+3. The van der Waals surface area contributed by atoms with E-state index in [0.29, 0.717) is 12.4 Å². The first-order valence-electron chi connectivity index (χ1n) is 10.8. The van der Waals surface area contributed by atoms with E-state index in [1.807, 2.05) is 19.1 Å². The van der Waals surface area contributed by atoms with Gasteiger partial charge in [0.15, 0.2) is 16.9 Å². The van der Waals surface area contributed by atoms with Gasteiger partial charge in [-0.3, -0.25) is 0 Å². The molecule has 0 spiro atoms. The third kappa shape index (κ3) is 3.60. The van der Waals surface area contributed by atoms with Crippen molar-refractivity contribution < 1.29 is 24.5 Å². The van der Waals surface area contributed by atoms with Crippen LogP contribution in [0.25, 0.3) is 0 Å². The first-order chi connectivity index (χ1) is 14.6. The second-order valence-corrected chi connectivity index (χ2v) is 8.81.